The summed E-state index contributed by atoms with van der Waals surface area (Å²) in [5.41, 5.74) is 1.49. The Bertz CT molecular complexity index is 1350. The molecule has 0 atom stereocenters. The third kappa shape index (κ3) is 5.39. The number of fused-ring (bicyclic) bond motifs is 1. The molecule has 0 aliphatic rings. The molecule has 8 heteroatoms. The van der Waals surface area contributed by atoms with Crippen molar-refractivity contribution in [2.75, 3.05) is 20.3 Å². The van der Waals surface area contributed by atoms with Crippen LogP contribution in [0, 0.1) is 0 Å². The molecule has 0 radical (unpaired) electrons. The summed E-state index contributed by atoms with van der Waals surface area (Å²) in [4.78, 5) is 18.1. The largest absolute Gasteiger partial charge is 0.494 e. The fraction of sp³-hybridized carbons (Fsp3) is 0.346. The van der Waals surface area contributed by atoms with E-state index in [1.165, 1.54) is 15.9 Å². The molecule has 0 N–H and O–H groups in total. The lowest BCUT2D eigenvalue weighted by Gasteiger charge is -2.11. The van der Waals surface area contributed by atoms with Gasteiger partial charge in [0, 0.05) is 5.56 Å². The summed E-state index contributed by atoms with van der Waals surface area (Å²) in [6.45, 7) is 5.56. The molecule has 0 bridgehead atoms. The first-order valence-electron chi connectivity index (χ1n) is 11.6. The summed E-state index contributed by atoms with van der Waals surface area (Å²) in [5.74, 6) is 2.67. The van der Waals surface area contributed by atoms with E-state index in [0.717, 1.165) is 42.6 Å². The number of ether oxygens (including phenoxy) is 3. The van der Waals surface area contributed by atoms with E-state index >= 15 is 0 Å². The number of rotatable bonds is 11. The Morgan fingerprint density at radius 1 is 0.971 bits per heavy atom. The highest BCUT2D eigenvalue weighted by Gasteiger charge is 2.13. The van der Waals surface area contributed by atoms with Gasteiger partial charge >= 0.3 is 0 Å². The second-order valence-corrected chi connectivity index (χ2v) is 8.89. The van der Waals surface area contributed by atoms with Crippen LogP contribution in [-0.4, -0.2) is 34.9 Å². The third-order valence-electron chi connectivity index (χ3n) is 5.26. The van der Waals surface area contributed by atoms with Gasteiger partial charge in [-0.1, -0.05) is 44.1 Å². The molecule has 0 fully saturated rings. The standard InChI is InChI=1S/C26H29N3O4S/c1-4-6-7-15-33-21-13-8-18(16-22(21)31-3)17-23-25(30)29-26(34-23)27-24(28-29)19-9-11-20(12-10-19)32-14-5-2/h8-13,16-17H,4-7,14-15H2,1-3H3. The predicted molar refractivity (Wildman–Crippen MR) is 135 cm³/mol. The molecule has 0 saturated heterocycles. The minimum absolute atomic E-state index is 0.194. The molecule has 34 heavy (non-hydrogen) atoms. The summed E-state index contributed by atoms with van der Waals surface area (Å²) < 4.78 is 18.9. The number of nitrogens with zero attached hydrogens (tertiary/aromatic N) is 3. The van der Waals surface area contributed by atoms with Gasteiger partial charge in [0.2, 0.25) is 4.96 Å². The number of hydrogen-bond donors (Lipinski definition) is 0. The first-order chi connectivity index (χ1) is 16.6. The van der Waals surface area contributed by atoms with Gasteiger partial charge in [-0.3, -0.25) is 4.79 Å². The summed E-state index contributed by atoms with van der Waals surface area (Å²) >= 11 is 1.31. The maximum Gasteiger partial charge on any atom is 0.291 e. The van der Waals surface area contributed by atoms with Crippen LogP contribution in [0.5, 0.6) is 17.2 Å². The van der Waals surface area contributed by atoms with Crippen molar-refractivity contribution in [2.45, 2.75) is 39.5 Å². The van der Waals surface area contributed by atoms with Crippen LogP contribution in [0.3, 0.4) is 0 Å². The molecule has 4 rings (SSSR count). The van der Waals surface area contributed by atoms with Crippen molar-refractivity contribution >= 4 is 22.4 Å². The molecule has 4 aromatic rings. The highest BCUT2D eigenvalue weighted by atomic mass is 32.1. The van der Waals surface area contributed by atoms with Crippen molar-refractivity contribution < 1.29 is 14.2 Å². The smallest absolute Gasteiger partial charge is 0.291 e. The Balaban J connectivity index is 1.56. The quantitative estimate of drug-likeness (QED) is 0.290. The highest BCUT2D eigenvalue weighted by Crippen LogP contribution is 2.28. The number of unbranched alkanes of at least 4 members (excludes halogenated alkanes) is 2. The lowest BCUT2D eigenvalue weighted by molar-refractivity contribution is 0.286. The van der Waals surface area contributed by atoms with Crippen LogP contribution in [0.1, 0.15) is 45.1 Å². The maximum absolute atomic E-state index is 12.9. The zero-order valence-electron chi connectivity index (χ0n) is 19.7. The zero-order chi connectivity index (χ0) is 23.9. The number of hydrogen-bond acceptors (Lipinski definition) is 7. The van der Waals surface area contributed by atoms with Crippen molar-refractivity contribution in [2.24, 2.45) is 0 Å². The molecule has 178 valence electrons. The molecule has 0 unspecified atom stereocenters. The number of methoxy groups -OCH3 is 1. The van der Waals surface area contributed by atoms with E-state index in [9.17, 15) is 4.79 Å². The molecule has 0 aliphatic carbocycles. The fourth-order valence-corrected chi connectivity index (χ4v) is 4.36. The van der Waals surface area contributed by atoms with Gasteiger partial charge in [0.15, 0.2) is 17.3 Å². The molecular weight excluding hydrogens is 450 g/mol. The second-order valence-electron chi connectivity index (χ2n) is 7.88. The molecule has 7 nitrogen and oxygen atoms in total. The van der Waals surface area contributed by atoms with Crippen LogP contribution in [0.4, 0.5) is 0 Å². The van der Waals surface area contributed by atoms with E-state index in [1.807, 2.05) is 48.5 Å². The van der Waals surface area contributed by atoms with Gasteiger partial charge in [-0.15, -0.1) is 5.10 Å². The zero-order valence-corrected chi connectivity index (χ0v) is 20.6. The van der Waals surface area contributed by atoms with E-state index in [-0.39, 0.29) is 5.56 Å². The average Bonchev–Trinajstić information content (AvgIpc) is 3.40. The van der Waals surface area contributed by atoms with Gasteiger partial charge in [-0.2, -0.15) is 9.50 Å². The van der Waals surface area contributed by atoms with E-state index in [2.05, 4.69) is 23.9 Å². The van der Waals surface area contributed by atoms with Crippen molar-refractivity contribution in [3.8, 4) is 28.6 Å². The van der Waals surface area contributed by atoms with Crippen molar-refractivity contribution in [1.82, 2.24) is 14.6 Å². The van der Waals surface area contributed by atoms with Crippen molar-refractivity contribution in [3.05, 3.63) is 62.9 Å². The van der Waals surface area contributed by atoms with Gasteiger partial charge < -0.3 is 14.2 Å². The molecule has 0 amide bonds. The third-order valence-corrected chi connectivity index (χ3v) is 6.22. The Kier molecular flexibility index (Phi) is 7.80. The van der Waals surface area contributed by atoms with E-state index in [1.54, 1.807) is 7.11 Å². The molecule has 2 heterocycles. The first kappa shape index (κ1) is 23.8. The second kappa shape index (κ2) is 11.2. The molecular formula is C26H29N3O4S. The van der Waals surface area contributed by atoms with Crippen molar-refractivity contribution in [1.29, 1.82) is 0 Å². The van der Waals surface area contributed by atoms with Crippen molar-refractivity contribution in [3.63, 3.8) is 0 Å². The Hall–Kier alpha value is -3.39. The van der Waals surface area contributed by atoms with Crippen LogP contribution < -0.4 is 24.3 Å². The topological polar surface area (TPSA) is 75.0 Å². The lowest BCUT2D eigenvalue weighted by Crippen LogP contribution is -2.23. The normalized spacial score (nSPS) is 11.8. The summed E-state index contributed by atoms with van der Waals surface area (Å²) in [7, 11) is 1.62. The Morgan fingerprint density at radius 2 is 1.79 bits per heavy atom. The van der Waals surface area contributed by atoms with Crippen LogP contribution >= 0.6 is 11.3 Å². The van der Waals surface area contributed by atoms with Gasteiger partial charge in [0.25, 0.3) is 5.56 Å². The molecule has 2 aromatic carbocycles. The Labute approximate surface area is 202 Å². The Morgan fingerprint density at radius 3 is 2.50 bits per heavy atom. The van der Waals surface area contributed by atoms with E-state index in [0.29, 0.717) is 40.0 Å². The molecule has 2 aromatic heterocycles. The molecule has 0 saturated carbocycles. The van der Waals surface area contributed by atoms with Gasteiger partial charge in [-0.05, 0) is 60.9 Å². The molecule has 0 spiro atoms. The SMILES string of the molecule is CCCCCOc1ccc(C=c2sc3nc(-c4ccc(OCCC)cc4)nn3c2=O)cc1OC. The van der Waals surface area contributed by atoms with Crippen LogP contribution in [-0.2, 0) is 0 Å². The summed E-state index contributed by atoms with van der Waals surface area (Å²) in [5, 5.41) is 4.43. The monoisotopic (exact) mass is 479 g/mol. The van der Waals surface area contributed by atoms with Crippen LogP contribution in [0.15, 0.2) is 47.3 Å². The fourth-order valence-electron chi connectivity index (χ4n) is 3.45. The summed E-state index contributed by atoms with van der Waals surface area (Å²) in [6, 6.07) is 13.3. The average molecular weight is 480 g/mol. The number of aromatic nitrogens is 3. The number of thiazole rings is 1. The minimum atomic E-state index is -0.194. The first-order valence-corrected chi connectivity index (χ1v) is 12.4. The van der Waals surface area contributed by atoms with Crippen LogP contribution in [0.25, 0.3) is 22.4 Å². The highest BCUT2D eigenvalue weighted by molar-refractivity contribution is 7.15. The number of benzene rings is 2. The van der Waals surface area contributed by atoms with Crippen LogP contribution in [0.2, 0.25) is 0 Å². The van der Waals surface area contributed by atoms with E-state index < -0.39 is 0 Å². The van der Waals surface area contributed by atoms with E-state index in [4.69, 9.17) is 14.2 Å². The van der Waals surface area contributed by atoms with Gasteiger partial charge in [0.05, 0.1) is 24.9 Å². The lowest BCUT2D eigenvalue weighted by atomic mass is 10.2. The minimum Gasteiger partial charge on any atom is -0.494 e. The maximum atomic E-state index is 12.9. The van der Waals surface area contributed by atoms with Gasteiger partial charge in [0.1, 0.15) is 5.75 Å². The van der Waals surface area contributed by atoms with Gasteiger partial charge in [-0.25, -0.2) is 0 Å². The molecule has 0 aliphatic heterocycles. The summed E-state index contributed by atoms with van der Waals surface area (Å²) in [6.07, 6.45) is 6.07. The predicted octanol–water partition coefficient (Wildman–Crippen LogP) is 4.73.